The SMILES string of the molecule is NCCCC[C@@H](N)c1ccncc1Cl. The number of hydrogen-bond acceptors (Lipinski definition) is 3. The number of aromatic nitrogens is 1. The van der Waals surface area contributed by atoms with Crippen LogP contribution in [0.15, 0.2) is 18.5 Å². The Kier molecular flexibility index (Phi) is 4.87. The Balaban J connectivity index is 2.51. The lowest BCUT2D eigenvalue weighted by molar-refractivity contribution is 0.590. The van der Waals surface area contributed by atoms with Gasteiger partial charge in [0.2, 0.25) is 0 Å². The Bertz CT molecular complexity index is 278. The van der Waals surface area contributed by atoms with Gasteiger partial charge in [0.15, 0.2) is 0 Å². The van der Waals surface area contributed by atoms with Crippen molar-refractivity contribution in [2.24, 2.45) is 11.5 Å². The predicted molar refractivity (Wildman–Crippen MR) is 59.1 cm³/mol. The van der Waals surface area contributed by atoms with Crippen LogP contribution in [0.1, 0.15) is 30.9 Å². The summed E-state index contributed by atoms with van der Waals surface area (Å²) in [6, 6.07) is 1.87. The first-order valence-electron chi connectivity index (χ1n) is 4.80. The molecule has 14 heavy (non-hydrogen) atoms. The summed E-state index contributed by atoms with van der Waals surface area (Å²) < 4.78 is 0. The maximum absolute atomic E-state index is 5.98. The first-order chi connectivity index (χ1) is 6.75. The molecule has 3 nitrogen and oxygen atoms in total. The van der Waals surface area contributed by atoms with Gasteiger partial charge in [-0.25, -0.2) is 0 Å². The van der Waals surface area contributed by atoms with Gasteiger partial charge in [0.05, 0.1) is 5.02 Å². The molecule has 0 aliphatic rings. The van der Waals surface area contributed by atoms with E-state index in [9.17, 15) is 0 Å². The molecule has 0 aliphatic heterocycles. The molecule has 0 radical (unpaired) electrons. The van der Waals surface area contributed by atoms with E-state index >= 15 is 0 Å². The van der Waals surface area contributed by atoms with Gasteiger partial charge in [-0.15, -0.1) is 0 Å². The molecular formula is C10H16ClN3. The summed E-state index contributed by atoms with van der Waals surface area (Å²) >= 11 is 5.96. The van der Waals surface area contributed by atoms with E-state index in [-0.39, 0.29) is 6.04 Å². The molecule has 0 amide bonds. The van der Waals surface area contributed by atoms with Crippen LogP contribution in [0, 0.1) is 0 Å². The monoisotopic (exact) mass is 213 g/mol. The van der Waals surface area contributed by atoms with Crippen molar-refractivity contribution in [1.82, 2.24) is 4.98 Å². The van der Waals surface area contributed by atoms with Crippen LogP contribution in [-0.4, -0.2) is 11.5 Å². The van der Waals surface area contributed by atoms with Gasteiger partial charge >= 0.3 is 0 Å². The second-order valence-electron chi connectivity index (χ2n) is 3.29. The highest BCUT2D eigenvalue weighted by Gasteiger charge is 2.08. The molecular weight excluding hydrogens is 198 g/mol. The van der Waals surface area contributed by atoms with Crippen molar-refractivity contribution < 1.29 is 0 Å². The minimum atomic E-state index is -0.00273. The number of rotatable bonds is 5. The molecule has 0 bridgehead atoms. The zero-order valence-corrected chi connectivity index (χ0v) is 8.87. The third-order valence-electron chi connectivity index (χ3n) is 2.17. The molecule has 0 aliphatic carbocycles. The van der Waals surface area contributed by atoms with Gasteiger partial charge in [-0.05, 0) is 31.0 Å². The van der Waals surface area contributed by atoms with Crippen molar-refractivity contribution in [2.45, 2.75) is 25.3 Å². The Labute approximate surface area is 89.5 Å². The van der Waals surface area contributed by atoms with E-state index in [1.54, 1.807) is 12.4 Å². The Hall–Kier alpha value is -0.640. The predicted octanol–water partition coefficient (Wildman–Crippen LogP) is 1.86. The highest BCUT2D eigenvalue weighted by atomic mass is 35.5. The van der Waals surface area contributed by atoms with Crippen LogP contribution in [-0.2, 0) is 0 Å². The number of nitrogens with two attached hydrogens (primary N) is 2. The van der Waals surface area contributed by atoms with E-state index in [1.165, 1.54) is 0 Å². The van der Waals surface area contributed by atoms with Crippen molar-refractivity contribution in [3.63, 3.8) is 0 Å². The van der Waals surface area contributed by atoms with Crippen LogP contribution in [0.25, 0.3) is 0 Å². The minimum absolute atomic E-state index is 0.00273. The highest BCUT2D eigenvalue weighted by Crippen LogP contribution is 2.23. The van der Waals surface area contributed by atoms with Crippen molar-refractivity contribution in [3.05, 3.63) is 29.0 Å². The topological polar surface area (TPSA) is 64.9 Å². The molecule has 78 valence electrons. The molecule has 4 heteroatoms. The number of nitrogens with zero attached hydrogens (tertiary/aromatic N) is 1. The molecule has 4 N–H and O–H groups in total. The summed E-state index contributed by atoms with van der Waals surface area (Å²) in [4.78, 5) is 3.92. The van der Waals surface area contributed by atoms with Gasteiger partial charge in [0, 0.05) is 18.4 Å². The standard InChI is InChI=1S/C10H16ClN3/c11-9-7-14-6-4-8(9)10(13)3-1-2-5-12/h4,6-7,10H,1-3,5,12-13H2/t10-/m1/s1. The van der Waals surface area contributed by atoms with Gasteiger partial charge in [-0.1, -0.05) is 18.0 Å². The maximum Gasteiger partial charge on any atom is 0.0637 e. The maximum atomic E-state index is 5.98. The fourth-order valence-corrected chi connectivity index (χ4v) is 1.61. The average Bonchev–Trinajstić information content (AvgIpc) is 2.18. The van der Waals surface area contributed by atoms with Crippen LogP contribution < -0.4 is 11.5 Å². The van der Waals surface area contributed by atoms with E-state index in [0.29, 0.717) is 5.02 Å². The molecule has 0 saturated carbocycles. The highest BCUT2D eigenvalue weighted by molar-refractivity contribution is 6.31. The normalized spacial score (nSPS) is 12.8. The van der Waals surface area contributed by atoms with Crippen LogP contribution in [0.3, 0.4) is 0 Å². The molecule has 1 aromatic heterocycles. The molecule has 1 aromatic rings. The van der Waals surface area contributed by atoms with Crippen LogP contribution >= 0.6 is 11.6 Å². The van der Waals surface area contributed by atoms with Crippen molar-refractivity contribution in [1.29, 1.82) is 0 Å². The van der Waals surface area contributed by atoms with Crippen LogP contribution in [0.2, 0.25) is 5.02 Å². The second kappa shape index (κ2) is 5.96. The summed E-state index contributed by atoms with van der Waals surface area (Å²) in [6.07, 6.45) is 6.30. The van der Waals surface area contributed by atoms with E-state index in [1.807, 2.05) is 6.07 Å². The zero-order chi connectivity index (χ0) is 10.4. The van der Waals surface area contributed by atoms with Crippen molar-refractivity contribution in [3.8, 4) is 0 Å². The summed E-state index contributed by atoms with van der Waals surface area (Å²) in [5, 5.41) is 0.646. The Morgan fingerprint density at radius 1 is 1.43 bits per heavy atom. The van der Waals surface area contributed by atoms with Crippen molar-refractivity contribution >= 4 is 11.6 Å². The van der Waals surface area contributed by atoms with Gasteiger partial charge < -0.3 is 11.5 Å². The average molecular weight is 214 g/mol. The number of hydrogen-bond donors (Lipinski definition) is 2. The molecule has 0 spiro atoms. The summed E-state index contributed by atoms with van der Waals surface area (Å²) in [7, 11) is 0. The fraction of sp³-hybridized carbons (Fsp3) is 0.500. The largest absolute Gasteiger partial charge is 0.330 e. The number of halogens is 1. The van der Waals surface area contributed by atoms with Gasteiger partial charge in [-0.3, -0.25) is 4.98 Å². The van der Waals surface area contributed by atoms with E-state index < -0.39 is 0 Å². The lowest BCUT2D eigenvalue weighted by Crippen LogP contribution is -2.11. The first kappa shape index (κ1) is 11.4. The number of unbranched alkanes of at least 4 members (excludes halogenated alkanes) is 1. The molecule has 1 atom stereocenters. The minimum Gasteiger partial charge on any atom is -0.330 e. The van der Waals surface area contributed by atoms with Gasteiger partial charge in [0.25, 0.3) is 0 Å². The fourth-order valence-electron chi connectivity index (χ4n) is 1.35. The summed E-state index contributed by atoms with van der Waals surface area (Å²) in [5.74, 6) is 0. The van der Waals surface area contributed by atoms with Crippen molar-refractivity contribution in [2.75, 3.05) is 6.54 Å². The molecule has 1 heterocycles. The lowest BCUT2D eigenvalue weighted by Gasteiger charge is -2.12. The molecule has 0 fully saturated rings. The third kappa shape index (κ3) is 3.25. The molecule has 0 unspecified atom stereocenters. The van der Waals surface area contributed by atoms with E-state index in [4.69, 9.17) is 23.1 Å². The molecule has 1 rings (SSSR count). The summed E-state index contributed by atoms with van der Waals surface area (Å²) in [5.41, 5.74) is 12.4. The second-order valence-corrected chi connectivity index (χ2v) is 3.70. The smallest absolute Gasteiger partial charge is 0.0637 e. The third-order valence-corrected chi connectivity index (χ3v) is 2.49. The first-order valence-corrected chi connectivity index (χ1v) is 5.18. The zero-order valence-electron chi connectivity index (χ0n) is 8.12. The molecule has 0 aromatic carbocycles. The van der Waals surface area contributed by atoms with Crippen LogP contribution in [0.5, 0.6) is 0 Å². The van der Waals surface area contributed by atoms with Gasteiger partial charge in [-0.2, -0.15) is 0 Å². The lowest BCUT2D eigenvalue weighted by atomic mass is 10.0. The number of pyridine rings is 1. The van der Waals surface area contributed by atoms with Crippen LogP contribution in [0.4, 0.5) is 0 Å². The molecule has 0 saturated heterocycles. The Morgan fingerprint density at radius 3 is 2.86 bits per heavy atom. The Morgan fingerprint density at radius 2 is 2.21 bits per heavy atom. The van der Waals surface area contributed by atoms with E-state index in [0.717, 1.165) is 31.4 Å². The van der Waals surface area contributed by atoms with Gasteiger partial charge in [0.1, 0.15) is 0 Å². The van der Waals surface area contributed by atoms with E-state index in [2.05, 4.69) is 4.98 Å². The quantitative estimate of drug-likeness (QED) is 0.734. The summed E-state index contributed by atoms with van der Waals surface area (Å²) in [6.45, 7) is 0.719.